The number of ether oxygens (including phenoxy) is 1. The predicted octanol–water partition coefficient (Wildman–Crippen LogP) is 3.75. The van der Waals surface area contributed by atoms with E-state index in [1.165, 1.54) is 13.0 Å². The number of carbonyl (C=O) groups is 1. The van der Waals surface area contributed by atoms with Crippen molar-refractivity contribution in [3.8, 4) is 0 Å². The Morgan fingerprint density at radius 3 is 2.42 bits per heavy atom. The van der Waals surface area contributed by atoms with Crippen molar-refractivity contribution < 1.29 is 22.7 Å². The molecule has 0 saturated carbocycles. The van der Waals surface area contributed by atoms with E-state index < -0.39 is 17.7 Å². The number of benzene rings is 1. The normalized spacial score (nSPS) is 12.7. The molecule has 19 heavy (non-hydrogen) atoms. The summed E-state index contributed by atoms with van der Waals surface area (Å²) in [6, 6.07) is 8.50. The highest BCUT2D eigenvalue weighted by molar-refractivity contribution is 5.84. The molecule has 0 aliphatic carbocycles. The summed E-state index contributed by atoms with van der Waals surface area (Å²) in [5, 5.41) is 0. The van der Waals surface area contributed by atoms with Gasteiger partial charge in [-0.05, 0) is 18.6 Å². The zero-order valence-electron chi connectivity index (χ0n) is 10.3. The number of esters is 1. The molecular weight excluding hydrogens is 257 g/mol. The van der Waals surface area contributed by atoms with E-state index in [0.29, 0.717) is 11.6 Å². The molecule has 0 atom stereocenters. The third-order valence-electron chi connectivity index (χ3n) is 2.14. The molecule has 0 aromatic heterocycles. The minimum atomic E-state index is -4.60. The molecule has 102 valence electrons. The maximum atomic E-state index is 12.7. The van der Waals surface area contributed by atoms with E-state index >= 15 is 0 Å². The SMILES string of the molecule is CCOC(=O)/C=C(/C=C/c1ccccc1)C(F)(F)F. The van der Waals surface area contributed by atoms with Gasteiger partial charge < -0.3 is 4.74 Å². The van der Waals surface area contributed by atoms with Gasteiger partial charge in [0.2, 0.25) is 0 Å². The fraction of sp³-hybridized carbons (Fsp3) is 0.214. The topological polar surface area (TPSA) is 26.3 Å². The molecule has 0 bridgehead atoms. The highest BCUT2D eigenvalue weighted by atomic mass is 19.4. The molecule has 1 aromatic rings. The van der Waals surface area contributed by atoms with Crippen LogP contribution in [0.1, 0.15) is 12.5 Å². The lowest BCUT2D eigenvalue weighted by Gasteiger charge is -2.07. The van der Waals surface area contributed by atoms with Crippen LogP contribution < -0.4 is 0 Å². The van der Waals surface area contributed by atoms with Crippen LogP contribution in [0.3, 0.4) is 0 Å². The summed E-state index contributed by atoms with van der Waals surface area (Å²) in [7, 11) is 0. The summed E-state index contributed by atoms with van der Waals surface area (Å²) in [5.74, 6) is -1.01. The van der Waals surface area contributed by atoms with Crippen LogP contribution in [0.4, 0.5) is 13.2 Å². The molecule has 0 spiro atoms. The highest BCUT2D eigenvalue weighted by Crippen LogP contribution is 2.27. The number of allylic oxidation sites excluding steroid dienone is 2. The third-order valence-corrected chi connectivity index (χ3v) is 2.14. The first-order valence-electron chi connectivity index (χ1n) is 5.62. The molecule has 2 nitrogen and oxygen atoms in total. The Labute approximate surface area is 109 Å². The first kappa shape index (κ1) is 15.0. The smallest absolute Gasteiger partial charge is 0.416 e. The number of rotatable bonds is 4. The summed E-state index contributed by atoms with van der Waals surface area (Å²) >= 11 is 0. The molecule has 5 heteroatoms. The molecule has 1 rings (SSSR count). The Hall–Kier alpha value is -2.04. The molecule has 0 fully saturated rings. The van der Waals surface area contributed by atoms with Crippen molar-refractivity contribution in [2.75, 3.05) is 6.61 Å². The zero-order valence-corrected chi connectivity index (χ0v) is 10.3. The van der Waals surface area contributed by atoms with E-state index in [0.717, 1.165) is 6.08 Å². The van der Waals surface area contributed by atoms with E-state index in [1.54, 1.807) is 30.3 Å². The molecule has 0 unspecified atom stereocenters. The van der Waals surface area contributed by atoms with Gasteiger partial charge in [-0.3, -0.25) is 0 Å². The standard InChI is InChI=1S/C14H13F3O2/c1-2-19-13(18)10-12(14(15,16)17)9-8-11-6-4-3-5-7-11/h3-10H,2H2,1H3/b9-8+,12-10-. The van der Waals surface area contributed by atoms with Crippen molar-refractivity contribution in [3.63, 3.8) is 0 Å². The van der Waals surface area contributed by atoms with E-state index in [2.05, 4.69) is 4.74 Å². The van der Waals surface area contributed by atoms with Crippen LogP contribution in [0.15, 0.2) is 48.1 Å². The predicted molar refractivity (Wildman–Crippen MR) is 66.2 cm³/mol. The van der Waals surface area contributed by atoms with Crippen molar-refractivity contribution in [1.82, 2.24) is 0 Å². The number of halogens is 3. The average Bonchev–Trinajstić information content (AvgIpc) is 2.34. The summed E-state index contributed by atoms with van der Waals surface area (Å²) in [6.07, 6.45) is -2.01. The third kappa shape index (κ3) is 5.42. The minimum Gasteiger partial charge on any atom is -0.463 e. The van der Waals surface area contributed by atoms with Gasteiger partial charge >= 0.3 is 12.1 Å². The van der Waals surface area contributed by atoms with Crippen LogP contribution in [0, 0.1) is 0 Å². The molecule has 0 aliphatic rings. The van der Waals surface area contributed by atoms with Gasteiger partial charge in [0.1, 0.15) is 0 Å². The van der Waals surface area contributed by atoms with Gasteiger partial charge in [-0.2, -0.15) is 13.2 Å². The maximum Gasteiger partial charge on any atom is 0.416 e. The lowest BCUT2D eigenvalue weighted by Crippen LogP contribution is -2.13. The number of carbonyl (C=O) groups excluding carboxylic acids is 1. The van der Waals surface area contributed by atoms with Gasteiger partial charge in [-0.25, -0.2) is 4.79 Å². The van der Waals surface area contributed by atoms with Gasteiger partial charge in [0.15, 0.2) is 0 Å². The van der Waals surface area contributed by atoms with Crippen LogP contribution in [-0.2, 0) is 9.53 Å². The molecule has 0 N–H and O–H groups in total. The Balaban J connectivity index is 2.94. The number of hydrogen-bond acceptors (Lipinski definition) is 2. The van der Waals surface area contributed by atoms with Crippen molar-refractivity contribution in [2.24, 2.45) is 0 Å². The van der Waals surface area contributed by atoms with Gasteiger partial charge in [-0.15, -0.1) is 0 Å². The Morgan fingerprint density at radius 2 is 1.89 bits per heavy atom. The first-order chi connectivity index (χ1) is 8.93. The highest BCUT2D eigenvalue weighted by Gasteiger charge is 2.32. The molecule has 0 heterocycles. The summed E-state index contributed by atoms with van der Waals surface area (Å²) in [5.41, 5.74) is -0.434. The van der Waals surface area contributed by atoms with E-state index in [4.69, 9.17) is 0 Å². The average molecular weight is 270 g/mol. The first-order valence-corrected chi connectivity index (χ1v) is 5.62. The van der Waals surface area contributed by atoms with Crippen molar-refractivity contribution in [3.05, 3.63) is 53.6 Å². The van der Waals surface area contributed by atoms with Crippen molar-refractivity contribution in [1.29, 1.82) is 0 Å². The van der Waals surface area contributed by atoms with E-state index in [-0.39, 0.29) is 6.61 Å². The van der Waals surface area contributed by atoms with Gasteiger partial charge in [0.05, 0.1) is 12.2 Å². The van der Waals surface area contributed by atoms with Crippen LogP contribution >= 0.6 is 0 Å². The fourth-order valence-electron chi connectivity index (χ4n) is 1.29. The molecule has 0 amide bonds. The van der Waals surface area contributed by atoms with Gasteiger partial charge in [0.25, 0.3) is 0 Å². The largest absolute Gasteiger partial charge is 0.463 e. The van der Waals surface area contributed by atoms with Gasteiger partial charge in [-0.1, -0.05) is 36.4 Å². The summed E-state index contributed by atoms with van der Waals surface area (Å²) < 4.78 is 42.6. The van der Waals surface area contributed by atoms with Crippen LogP contribution in [0.5, 0.6) is 0 Å². The molecular formula is C14H13F3O2. The van der Waals surface area contributed by atoms with Crippen LogP contribution in [0.25, 0.3) is 6.08 Å². The lowest BCUT2D eigenvalue weighted by atomic mass is 10.1. The molecule has 1 aromatic carbocycles. The molecule has 0 aliphatic heterocycles. The van der Waals surface area contributed by atoms with E-state index in [1.807, 2.05) is 0 Å². The summed E-state index contributed by atoms with van der Waals surface area (Å²) in [4.78, 5) is 11.1. The minimum absolute atomic E-state index is 0.0306. The quantitative estimate of drug-likeness (QED) is 0.473. The van der Waals surface area contributed by atoms with E-state index in [9.17, 15) is 18.0 Å². The Kier molecular flexibility index (Phi) is 5.36. The van der Waals surface area contributed by atoms with Crippen molar-refractivity contribution >= 4 is 12.0 Å². The van der Waals surface area contributed by atoms with Gasteiger partial charge in [0, 0.05) is 6.08 Å². The Bertz CT molecular complexity index is 473. The van der Waals surface area contributed by atoms with Crippen molar-refractivity contribution in [2.45, 2.75) is 13.1 Å². The number of alkyl halides is 3. The van der Waals surface area contributed by atoms with Crippen LogP contribution in [-0.4, -0.2) is 18.8 Å². The maximum absolute atomic E-state index is 12.7. The zero-order chi connectivity index (χ0) is 14.3. The molecule has 0 saturated heterocycles. The monoisotopic (exact) mass is 270 g/mol. The fourth-order valence-corrected chi connectivity index (χ4v) is 1.29. The second-order valence-corrected chi connectivity index (χ2v) is 3.59. The second-order valence-electron chi connectivity index (χ2n) is 3.59. The Morgan fingerprint density at radius 1 is 1.26 bits per heavy atom. The summed E-state index contributed by atoms with van der Waals surface area (Å²) in [6.45, 7) is 1.56. The lowest BCUT2D eigenvalue weighted by molar-refractivity contribution is -0.138. The molecule has 0 radical (unpaired) electrons. The second kappa shape index (κ2) is 6.78. The number of hydrogen-bond donors (Lipinski definition) is 0. The van der Waals surface area contributed by atoms with Crippen LogP contribution in [0.2, 0.25) is 0 Å².